The van der Waals surface area contributed by atoms with E-state index in [1.165, 1.54) is 22.5 Å². The molecule has 0 saturated carbocycles. The van der Waals surface area contributed by atoms with Crippen LogP contribution in [0, 0.1) is 6.92 Å². The Morgan fingerprint density at radius 3 is 2.38 bits per heavy atom. The highest BCUT2D eigenvalue weighted by molar-refractivity contribution is 5.60. The number of ether oxygens (including phenoxy) is 1. The second-order valence-electron chi connectivity index (χ2n) is 6.76. The molecule has 4 heteroatoms. The Balaban J connectivity index is 1.67. The molecule has 3 N–H and O–H groups in total. The van der Waals surface area contributed by atoms with Gasteiger partial charge >= 0.3 is 0 Å². The third kappa shape index (κ3) is 4.01. The number of hydrogen-bond donors (Lipinski definition) is 2. The first kappa shape index (κ1) is 16.7. The molecule has 1 aliphatic heterocycles. The first-order valence-electron chi connectivity index (χ1n) is 8.60. The lowest BCUT2D eigenvalue weighted by molar-refractivity contribution is -0.00521. The van der Waals surface area contributed by atoms with Crippen molar-refractivity contribution in [1.29, 1.82) is 0 Å². The molecule has 0 spiro atoms. The fraction of sp³-hybridized carbons (Fsp3) is 0.400. The Kier molecular flexibility index (Phi) is 4.95. The summed E-state index contributed by atoms with van der Waals surface area (Å²) < 4.78 is 5.82. The highest BCUT2D eigenvalue weighted by atomic mass is 16.5. The third-order valence-electron chi connectivity index (χ3n) is 4.46. The molecule has 2 aromatic rings. The Morgan fingerprint density at radius 1 is 1.08 bits per heavy atom. The summed E-state index contributed by atoms with van der Waals surface area (Å²) >= 11 is 0. The van der Waals surface area contributed by atoms with Gasteiger partial charge in [-0.3, -0.25) is 0 Å². The molecule has 0 aliphatic carbocycles. The number of nitrogens with zero attached hydrogens (tertiary/aromatic N) is 1. The Labute approximate surface area is 144 Å². The number of aryl methyl sites for hydroxylation is 1. The Morgan fingerprint density at radius 2 is 1.75 bits per heavy atom. The Bertz CT molecular complexity index is 674. The van der Waals surface area contributed by atoms with Crippen molar-refractivity contribution in [1.82, 2.24) is 0 Å². The van der Waals surface area contributed by atoms with Gasteiger partial charge < -0.3 is 20.7 Å². The molecule has 24 heavy (non-hydrogen) atoms. The Hall–Kier alpha value is -2.20. The van der Waals surface area contributed by atoms with Crippen LogP contribution in [0.15, 0.2) is 42.5 Å². The predicted molar refractivity (Wildman–Crippen MR) is 102 cm³/mol. The molecular formula is C20H27N3O. The average molecular weight is 325 g/mol. The second-order valence-corrected chi connectivity index (χ2v) is 6.76. The molecule has 0 amide bonds. The molecular weight excluding hydrogens is 298 g/mol. The number of nitrogen functional groups attached to an aromatic ring is 1. The summed E-state index contributed by atoms with van der Waals surface area (Å²) in [5, 5.41) is 3.51. The highest BCUT2D eigenvalue weighted by Gasteiger charge is 2.22. The fourth-order valence-electron chi connectivity index (χ4n) is 3.26. The molecule has 0 bridgehead atoms. The van der Waals surface area contributed by atoms with Gasteiger partial charge in [0.25, 0.3) is 0 Å². The average Bonchev–Trinajstić information content (AvgIpc) is 2.54. The number of morpholine rings is 1. The number of rotatable bonds is 4. The van der Waals surface area contributed by atoms with Gasteiger partial charge in [0.1, 0.15) is 0 Å². The smallest absolute Gasteiger partial charge is 0.0726 e. The molecule has 1 fully saturated rings. The summed E-state index contributed by atoms with van der Waals surface area (Å²) in [6.07, 6.45) is 0.551. The lowest BCUT2D eigenvalue weighted by Gasteiger charge is -2.37. The van der Waals surface area contributed by atoms with Crippen molar-refractivity contribution in [2.75, 3.05) is 29.0 Å². The van der Waals surface area contributed by atoms with Crippen molar-refractivity contribution < 1.29 is 4.74 Å². The van der Waals surface area contributed by atoms with Gasteiger partial charge in [0.15, 0.2) is 0 Å². The van der Waals surface area contributed by atoms with Gasteiger partial charge in [-0.25, -0.2) is 0 Å². The largest absolute Gasteiger partial charge is 0.399 e. The van der Waals surface area contributed by atoms with Crippen LogP contribution >= 0.6 is 0 Å². The van der Waals surface area contributed by atoms with Crippen LogP contribution in [-0.2, 0) is 11.3 Å². The van der Waals surface area contributed by atoms with E-state index in [1.54, 1.807) is 0 Å². The van der Waals surface area contributed by atoms with E-state index in [1.807, 2.05) is 12.1 Å². The minimum absolute atomic E-state index is 0.275. The van der Waals surface area contributed by atoms with E-state index in [-0.39, 0.29) is 12.2 Å². The molecule has 2 atom stereocenters. The van der Waals surface area contributed by atoms with E-state index in [4.69, 9.17) is 10.5 Å². The zero-order chi connectivity index (χ0) is 17.1. The molecule has 4 nitrogen and oxygen atoms in total. The summed E-state index contributed by atoms with van der Waals surface area (Å²) in [5.41, 5.74) is 11.5. The standard InChI is InChI=1S/C20H27N3O/c1-14-10-19(23-12-15(2)24-16(3)13-23)8-9-20(14)22-11-17-4-6-18(21)7-5-17/h4-10,15-16,22H,11-13,21H2,1-3H3/t15-,16?/m1/s1. The van der Waals surface area contributed by atoms with Crippen molar-refractivity contribution in [3.05, 3.63) is 53.6 Å². The van der Waals surface area contributed by atoms with Crippen LogP contribution in [-0.4, -0.2) is 25.3 Å². The van der Waals surface area contributed by atoms with Crippen molar-refractivity contribution in [3.63, 3.8) is 0 Å². The number of anilines is 3. The van der Waals surface area contributed by atoms with E-state index in [0.717, 1.165) is 25.3 Å². The topological polar surface area (TPSA) is 50.5 Å². The van der Waals surface area contributed by atoms with Crippen LogP contribution in [0.2, 0.25) is 0 Å². The minimum Gasteiger partial charge on any atom is -0.399 e. The monoisotopic (exact) mass is 325 g/mol. The highest BCUT2D eigenvalue weighted by Crippen LogP contribution is 2.26. The van der Waals surface area contributed by atoms with Crippen LogP contribution in [0.3, 0.4) is 0 Å². The number of nitrogens with two attached hydrogens (primary N) is 1. The van der Waals surface area contributed by atoms with E-state index >= 15 is 0 Å². The molecule has 0 radical (unpaired) electrons. The van der Waals surface area contributed by atoms with Crippen LogP contribution < -0.4 is 16.0 Å². The first-order valence-corrected chi connectivity index (χ1v) is 8.60. The van der Waals surface area contributed by atoms with Gasteiger partial charge in [0.2, 0.25) is 0 Å². The molecule has 3 rings (SSSR count). The lowest BCUT2D eigenvalue weighted by Crippen LogP contribution is -2.45. The second kappa shape index (κ2) is 7.14. The summed E-state index contributed by atoms with van der Waals surface area (Å²) in [6.45, 7) is 9.12. The van der Waals surface area contributed by atoms with Gasteiger partial charge in [-0.05, 0) is 62.2 Å². The molecule has 1 aliphatic rings. The minimum atomic E-state index is 0.275. The van der Waals surface area contributed by atoms with Crippen molar-refractivity contribution >= 4 is 17.1 Å². The van der Waals surface area contributed by atoms with Crippen LogP contribution in [0.5, 0.6) is 0 Å². The lowest BCUT2D eigenvalue weighted by atomic mass is 10.1. The summed E-state index contributed by atoms with van der Waals surface area (Å²) in [4.78, 5) is 2.41. The van der Waals surface area contributed by atoms with E-state index < -0.39 is 0 Å². The molecule has 128 valence electrons. The predicted octanol–water partition coefficient (Wildman–Crippen LogP) is 3.80. The van der Waals surface area contributed by atoms with Crippen LogP contribution in [0.1, 0.15) is 25.0 Å². The third-order valence-corrected chi connectivity index (χ3v) is 4.46. The number of hydrogen-bond acceptors (Lipinski definition) is 4. The SMILES string of the molecule is Cc1cc(N2CC(C)O[C@H](C)C2)ccc1NCc1ccc(N)cc1. The van der Waals surface area contributed by atoms with Crippen LogP contribution in [0.25, 0.3) is 0 Å². The van der Waals surface area contributed by atoms with Crippen molar-refractivity contribution in [2.24, 2.45) is 0 Å². The van der Waals surface area contributed by atoms with Crippen LogP contribution in [0.4, 0.5) is 17.1 Å². The normalized spacial score (nSPS) is 20.9. The van der Waals surface area contributed by atoms with E-state index in [9.17, 15) is 0 Å². The van der Waals surface area contributed by atoms with Crippen molar-refractivity contribution in [3.8, 4) is 0 Å². The molecule has 2 aromatic carbocycles. The summed E-state index contributed by atoms with van der Waals surface area (Å²) in [7, 11) is 0. The van der Waals surface area contributed by atoms with Gasteiger partial charge in [0, 0.05) is 36.7 Å². The molecule has 1 saturated heterocycles. The molecule has 1 unspecified atom stereocenters. The first-order chi connectivity index (χ1) is 11.5. The fourth-order valence-corrected chi connectivity index (χ4v) is 3.26. The number of benzene rings is 2. The van der Waals surface area contributed by atoms with E-state index in [0.29, 0.717) is 0 Å². The van der Waals surface area contributed by atoms with E-state index in [2.05, 4.69) is 61.3 Å². The maximum atomic E-state index is 5.82. The maximum absolute atomic E-state index is 5.82. The van der Waals surface area contributed by atoms with Gasteiger partial charge in [-0.2, -0.15) is 0 Å². The molecule has 1 heterocycles. The summed E-state index contributed by atoms with van der Waals surface area (Å²) in [6, 6.07) is 14.6. The van der Waals surface area contributed by atoms with Gasteiger partial charge in [-0.1, -0.05) is 12.1 Å². The zero-order valence-electron chi connectivity index (χ0n) is 14.8. The quantitative estimate of drug-likeness (QED) is 0.840. The number of nitrogens with one attached hydrogen (secondary N) is 1. The van der Waals surface area contributed by atoms with Gasteiger partial charge in [-0.15, -0.1) is 0 Å². The molecule has 0 aromatic heterocycles. The maximum Gasteiger partial charge on any atom is 0.0726 e. The zero-order valence-corrected chi connectivity index (χ0v) is 14.8. The van der Waals surface area contributed by atoms with Crippen molar-refractivity contribution in [2.45, 2.75) is 39.5 Å². The van der Waals surface area contributed by atoms with Gasteiger partial charge in [0.05, 0.1) is 12.2 Å². The summed E-state index contributed by atoms with van der Waals surface area (Å²) in [5.74, 6) is 0.